The molecule has 2 unspecified atom stereocenters. The lowest BCUT2D eigenvalue weighted by molar-refractivity contribution is 0.0956. The van der Waals surface area contributed by atoms with E-state index in [9.17, 15) is 0 Å². The minimum Gasteiger partial charge on any atom is -0.378 e. The first-order valence-electron chi connectivity index (χ1n) is 5.80. The van der Waals surface area contributed by atoms with Gasteiger partial charge in [0.05, 0.1) is 11.9 Å². The Balaban J connectivity index is 0.00000112. The number of amidine groups is 1. The van der Waals surface area contributed by atoms with E-state index in [1.165, 1.54) is 32.1 Å². The summed E-state index contributed by atoms with van der Waals surface area (Å²) in [4.78, 5) is 0. The number of hydrogen-bond acceptors (Lipinski definition) is 2. The van der Waals surface area contributed by atoms with Gasteiger partial charge in [0.15, 0.2) is 0 Å². The van der Waals surface area contributed by atoms with Crippen LogP contribution in [-0.2, 0) is 4.74 Å². The van der Waals surface area contributed by atoms with Crippen LogP contribution in [0.2, 0.25) is 0 Å². The van der Waals surface area contributed by atoms with Crippen LogP contribution in [0.25, 0.3) is 0 Å². The molecule has 2 rings (SSSR count). The zero-order valence-electron chi connectivity index (χ0n) is 9.13. The van der Waals surface area contributed by atoms with Crippen molar-refractivity contribution in [3.8, 4) is 0 Å². The van der Waals surface area contributed by atoms with Crippen LogP contribution in [0, 0.1) is 11.3 Å². The van der Waals surface area contributed by atoms with Gasteiger partial charge in [-0.1, -0.05) is 6.42 Å². The monoisotopic (exact) mass is 232 g/mol. The second-order valence-electron chi connectivity index (χ2n) is 4.40. The highest BCUT2D eigenvalue weighted by atomic mass is 35.5. The summed E-state index contributed by atoms with van der Waals surface area (Å²) in [6.45, 7) is 1.92. The van der Waals surface area contributed by atoms with E-state index in [1.54, 1.807) is 0 Å². The zero-order chi connectivity index (χ0) is 9.80. The molecule has 2 aliphatic rings. The Labute approximate surface area is 97.9 Å². The molecule has 0 saturated carbocycles. The molecule has 0 aliphatic carbocycles. The number of hydrogen-bond donors (Lipinski definition) is 2. The third kappa shape index (κ3) is 3.65. The molecule has 2 N–H and O–H groups in total. The fraction of sp³-hybridized carbons (Fsp3) is 0.909. The lowest BCUT2D eigenvalue weighted by Gasteiger charge is -2.19. The van der Waals surface area contributed by atoms with Crippen LogP contribution < -0.4 is 5.32 Å². The van der Waals surface area contributed by atoms with E-state index < -0.39 is 0 Å². The molecule has 0 aromatic heterocycles. The van der Waals surface area contributed by atoms with Gasteiger partial charge in [0.2, 0.25) is 0 Å². The molecular weight excluding hydrogens is 212 g/mol. The Hall–Kier alpha value is -0.280. The molecule has 2 saturated heterocycles. The van der Waals surface area contributed by atoms with Gasteiger partial charge in [-0.3, -0.25) is 5.41 Å². The van der Waals surface area contributed by atoms with E-state index in [4.69, 9.17) is 10.1 Å². The first kappa shape index (κ1) is 12.8. The lowest BCUT2D eigenvalue weighted by Crippen LogP contribution is -2.30. The molecule has 0 amide bonds. The van der Waals surface area contributed by atoms with Crippen LogP contribution in [0.15, 0.2) is 0 Å². The predicted molar refractivity (Wildman–Crippen MR) is 63.9 cm³/mol. The summed E-state index contributed by atoms with van der Waals surface area (Å²) in [7, 11) is 0. The van der Waals surface area contributed by atoms with Gasteiger partial charge in [0.1, 0.15) is 0 Å². The minimum absolute atomic E-state index is 0. The summed E-state index contributed by atoms with van der Waals surface area (Å²) < 4.78 is 5.62. The molecule has 88 valence electrons. The van der Waals surface area contributed by atoms with Crippen LogP contribution in [0.1, 0.15) is 38.5 Å². The number of ether oxygens (including phenoxy) is 1. The van der Waals surface area contributed by atoms with Crippen molar-refractivity contribution in [2.75, 3.05) is 13.2 Å². The number of rotatable bonds is 2. The van der Waals surface area contributed by atoms with Gasteiger partial charge in [0, 0.05) is 19.1 Å². The summed E-state index contributed by atoms with van der Waals surface area (Å²) in [5, 5.41) is 11.1. The van der Waals surface area contributed by atoms with Crippen LogP contribution in [0.4, 0.5) is 0 Å². The Morgan fingerprint density at radius 2 is 2.13 bits per heavy atom. The van der Waals surface area contributed by atoms with Gasteiger partial charge in [0.25, 0.3) is 0 Å². The quantitative estimate of drug-likeness (QED) is 0.768. The normalized spacial score (nSPS) is 31.6. The second-order valence-corrected chi connectivity index (χ2v) is 4.40. The standard InChI is InChI=1S/C11H20N2O.ClH/c12-11-9(4-1-2-6-13-11)8-10-5-3-7-14-10;/h9-10H,1-8H2,(H2,12,13);1H. The van der Waals surface area contributed by atoms with Crippen molar-refractivity contribution in [2.24, 2.45) is 5.92 Å². The van der Waals surface area contributed by atoms with Crippen molar-refractivity contribution in [1.29, 1.82) is 5.41 Å². The number of nitrogens with one attached hydrogen (secondary N) is 2. The van der Waals surface area contributed by atoms with E-state index in [1.807, 2.05) is 0 Å². The Bertz CT molecular complexity index is 205. The van der Waals surface area contributed by atoms with E-state index in [2.05, 4.69) is 5.32 Å². The third-order valence-corrected chi connectivity index (χ3v) is 3.27. The summed E-state index contributed by atoms with van der Waals surface area (Å²) in [6.07, 6.45) is 7.54. The molecule has 0 aromatic carbocycles. The summed E-state index contributed by atoms with van der Waals surface area (Å²) in [5.41, 5.74) is 0. The van der Waals surface area contributed by atoms with Crippen LogP contribution in [0.3, 0.4) is 0 Å². The van der Waals surface area contributed by atoms with Gasteiger partial charge < -0.3 is 10.1 Å². The molecule has 0 bridgehead atoms. The first-order chi connectivity index (χ1) is 6.86. The molecule has 2 heterocycles. The number of halogens is 1. The molecule has 2 fully saturated rings. The topological polar surface area (TPSA) is 45.1 Å². The molecule has 2 aliphatic heterocycles. The van der Waals surface area contributed by atoms with Crippen LogP contribution >= 0.6 is 12.4 Å². The summed E-state index contributed by atoms with van der Waals surface area (Å²) >= 11 is 0. The molecule has 0 radical (unpaired) electrons. The highest BCUT2D eigenvalue weighted by molar-refractivity contribution is 5.85. The largest absolute Gasteiger partial charge is 0.378 e. The van der Waals surface area contributed by atoms with Gasteiger partial charge >= 0.3 is 0 Å². The molecule has 0 spiro atoms. The highest BCUT2D eigenvalue weighted by Gasteiger charge is 2.24. The predicted octanol–water partition coefficient (Wildman–Crippen LogP) is 2.34. The highest BCUT2D eigenvalue weighted by Crippen LogP contribution is 2.24. The van der Waals surface area contributed by atoms with Crippen LogP contribution in [-0.4, -0.2) is 25.1 Å². The van der Waals surface area contributed by atoms with Crippen molar-refractivity contribution < 1.29 is 4.74 Å². The van der Waals surface area contributed by atoms with Crippen molar-refractivity contribution in [3.05, 3.63) is 0 Å². The maximum atomic E-state index is 7.88. The SMILES string of the molecule is Cl.N=C1NCCCCC1CC1CCCO1. The fourth-order valence-corrected chi connectivity index (χ4v) is 2.41. The smallest absolute Gasteiger partial charge is 0.0964 e. The maximum Gasteiger partial charge on any atom is 0.0964 e. The van der Waals surface area contributed by atoms with Crippen molar-refractivity contribution >= 4 is 18.2 Å². The van der Waals surface area contributed by atoms with E-state index >= 15 is 0 Å². The summed E-state index contributed by atoms with van der Waals surface area (Å²) in [6, 6.07) is 0. The maximum absolute atomic E-state index is 7.88. The van der Waals surface area contributed by atoms with Gasteiger partial charge in [-0.25, -0.2) is 0 Å². The van der Waals surface area contributed by atoms with Crippen LogP contribution in [0.5, 0.6) is 0 Å². The van der Waals surface area contributed by atoms with E-state index in [0.29, 0.717) is 12.0 Å². The minimum atomic E-state index is 0. The fourth-order valence-electron chi connectivity index (χ4n) is 2.41. The molecule has 2 atom stereocenters. The van der Waals surface area contributed by atoms with Crippen molar-refractivity contribution in [3.63, 3.8) is 0 Å². The average molecular weight is 233 g/mol. The lowest BCUT2D eigenvalue weighted by atomic mass is 9.94. The molecule has 0 aromatic rings. The molecule has 4 heteroatoms. The van der Waals surface area contributed by atoms with Crippen molar-refractivity contribution in [1.82, 2.24) is 5.32 Å². The van der Waals surface area contributed by atoms with Gasteiger partial charge in [-0.05, 0) is 32.1 Å². The zero-order valence-corrected chi connectivity index (χ0v) is 9.94. The molecular formula is C11H21ClN2O. The average Bonchev–Trinajstić information content (AvgIpc) is 2.60. The summed E-state index contributed by atoms with van der Waals surface area (Å²) in [5.74, 6) is 1.18. The van der Waals surface area contributed by atoms with Gasteiger partial charge in [-0.15, -0.1) is 12.4 Å². The van der Waals surface area contributed by atoms with Gasteiger partial charge in [-0.2, -0.15) is 0 Å². The molecule has 15 heavy (non-hydrogen) atoms. The van der Waals surface area contributed by atoms with Crippen molar-refractivity contribution in [2.45, 2.75) is 44.6 Å². The Kier molecular flexibility index (Phi) is 5.40. The van der Waals surface area contributed by atoms with E-state index in [0.717, 1.165) is 25.4 Å². The first-order valence-corrected chi connectivity index (χ1v) is 5.80. The van der Waals surface area contributed by atoms with E-state index in [-0.39, 0.29) is 12.4 Å². The third-order valence-electron chi connectivity index (χ3n) is 3.27. The Morgan fingerprint density at radius 1 is 1.27 bits per heavy atom. The molecule has 3 nitrogen and oxygen atoms in total. The second kappa shape index (κ2) is 6.33. The Morgan fingerprint density at radius 3 is 2.87 bits per heavy atom.